The number of hydrogen-bond donors (Lipinski definition) is 6. The third-order valence-electron chi connectivity index (χ3n) is 12.4. The molecule has 1 fully saturated rings. The van der Waals surface area contributed by atoms with Crippen molar-refractivity contribution >= 4 is 21.1 Å². The zero-order chi connectivity index (χ0) is 48.6. The number of hydrogen-bond acceptors (Lipinski definition) is 10. The molecule has 1 rings (SSSR count). The number of aliphatic hydroxyl groups is 4. The van der Waals surface area contributed by atoms with E-state index in [9.17, 15) is 30.0 Å². The minimum absolute atomic E-state index is 0.0432. The van der Waals surface area contributed by atoms with Crippen molar-refractivity contribution in [1.82, 2.24) is 20.4 Å². The Morgan fingerprint density at radius 3 is 1.80 bits per heavy atom. The van der Waals surface area contributed by atoms with E-state index < -0.39 is 36.4 Å². The van der Waals surface area contributed by atoms with Gasteiger partial charge in [-0.15, -0.1) is 9.24 Å². The highest BCUT2D eigenvalue weighted by Gasteiger charge is 2.33. The van der Waals surface area contributed by atoms with Crippen LogP contribution in [0.1, 0.15) is 132 Å². The number of carbonyl (C=O) groups is 2. The van der Waals surface area contributed by atoms with Gasteiger partial charge in [-0.05, 0) is 108 Å². The maximum Gasteiger partial charge on any atom is 0.243 e. The highest BCUT2D eigenvalue weighted by atomic mass is 31.0. The Kier molecular flexibility index (Phi) is 32.9. The largest absolute Gasteiger partial charge is 0.472 e. The minimum atomic E-state index is -1.08. The van der Waals surface area contributed by atoms with E-state index >= 15 is 0 Å². The molecule has 0 bridgehead atoms. The Morgan fingerprint density at radius 1 is 0.692 bits per heavy atom. The van der Waals surface area contributed by atoms with Gasteiger partial charge in [-0.1, -0.05) is 116 Å². The fourth-order valence-electron chi connectivity index (χ4n) is 7.27. The van der Waals surface area contributed by atoms with Gasteiger partial charge in [0.05, 0.1) is 37.0 Å². The van der Waals surface area contributed by atoms with Crippen LogP contribution in [0, 0.1) is 23.2 Å². The number of unbranched alkanes of at least 4 members (excludes halogenated alkanes) is 2. The first-order chi connectivity index (χ1) is 30.9. The number of ether oxygens (including phenoxy) is 2. The second kappa shape index (κ2) is 35.5. The summed E-state index contributed by atoms with van der Waals surface area (Å²) >= 11 is 0. The summed E-state index contributed by atoms with van der Waals surface area (Å²) in [6, 6.07) is -1.24. The average Bonchev–Trinajstić information content (AvgIpc) is 3.26. The Labute approximate surface area is 397 Å². The van der Waals surface area contributed by atoms with Gasteiger partial charge >= 0.3 is 0 Å². The number of nitrogens with one attached hydrogen (secondary N) is 2. The first kappa shape index (κ1) is 60.3. The van der Waals surface area contributed by atoms with Gasteiger partial charge in [0, 0.05) is 38.6 Å². The van der Waals surface area contributed by atoms with Crippen LogP contribution in [-0.4, -0.2) is 131 Å². The molecule has 0 aromatic rings. The second-order valence-electron chi connectivity index (χ2n) is 18.7. The number of piperazine rings is 1. The molecule has 374 valence electrons. The normalized spacial score (nSPS) is 20.4. The zero-order valence-electron chi connectivity index (χ0n) is 41.8. The SMILES string of the molecule is CCC(C)/C=C\C/C=C\OC(O)CN(CCCCC1NC(=O)C(CCCCN(CC(O)P)CC(O)C(C)/C=C\C/C=C\C(C)(C)CC)NC1=O)CC(O)C(/C=C\C/C=C\C(C)OC)CC. The van der Waals surface area contributed by atoms with Crippen LogP contribution in [-0.2, 0) is 19.1 Å². The van der Waals surface area contributed by atoms with Gasteiger partial charge in [-0.2, -0.15) is 0 Å². The molecule has 1 aliphatic heterocycles. The minimum Gasteiger partial charge on any atom is -0.472 e. The summed E-state index contributed by atoms with van der Waals surface area (Å²) in [6.45, 7) is 19.5. The number of nitrogens with zero attached hydrogens (tertiary/aromatic N) is 2. The van der Waals surface area contributed by atoms with Crippen LogP contribution in [0.3, 0.4) is 0 Å². The molecule has 65 heavy (non-hydrogen) atoms. The summed E-state index contributed by atoms with van der Waals surface area (Å²) in [6.07, 6.45) is 31.0. The van der Waals surface area contributed by atoms with Gasteiger partial charge < -0.3 is 40.5 Å². The summed E-state index contributed by atoms with van der Waals surface area (Å²) in [5.74, 6) is -0.604. The highest BCUT2D eigenvalue weighted by Crippen LogP contribution is 2.22. The van der Waals surface area contributed by atoms with Crippen LogP contribution < -0.4 is 10.6 Å². The smallest absolute Gasteiger partial charge is 0.243 e. The number of rotatable bonds is 37. The van der Waals surface area contributed by atoms with Crippen molar-refractivity contribution in [2.45, 2.75) is 175 Å². The predicted octanol–water partition coefficient (Wildman–Crippen LogP) is 7.81. The van der Waals surface area contributed by atoms with E-state index in [0.29, 0.717) is 77.2 Å². The molecule has 1 heterocycles. The number of carbonyl (C=O) groups excluding carboxylic acids is 2. The van der Waals surface area contributed by atoms with Crippen molar-refractivity contribution in [1.29, 1.82) is 0 Å². The Hall–Kier alpha value is -2.67. The van der Waals surface area contributed by atoms with Crippen molar-refractivity contribution in [3.63, 3.8) is 0 Å². The second-order valence-corrected chi connectivity index (χ2v) is 19.5. The van der Waals surface area contributed by atoms with Crippen molar-refractivity contribution in [2.24, 2.45) is 23.2 Å². The van der Waals surface area contributed by atoms with E-state index in [1.165, 1.54) is 6.26 Å². The van der Waals surface area contributed by atoms with Gasteiger partial charge in [0.15, 0.2) is 0 Å². The van der Waals surface area contributed by atoms with E-state index in [4.69, 9.17) is 9.47 Å². The molecule has 1 saturated heterocycles. The number of aliphatic hydroxyl groups excluding tert-OH is 4. The number of allylic oxidation sites excluding steroid dienone is 8. The molecule has 13 heteroatoms. The van der Waals surface area contributed by atoms with Crippen molar-refractivity contribution in [3.8, 4) is 0 Å². The molecule has 11 atom stereocenters. The standard InChI is InChI=1S/C52H93N4O8P/c1-10-40(4)26-16-15-25-35-64-48(59)38-55(37-47(58)43(11-2)29-19-13-18-28-42(6)63-9)33-23-20-30-44-50(61)54-45(51(62)53-44)31-21-24-34-56(39-49(60)65)36-46(57)41(5)27-17-14-22-32-52(7,8)12-3/h16-19,22,25-29,32,35,40-49,57-60H,10-15,20-21,23-24,30-31,33-34,36-39,65H2,1-9H3,(H,53,62)(H,54,61)/b26-16-,27-17-,28-18-,29-19-,32-22-,35-25-. The fraction of sp³-hybridized carbons (Fsp3) is 0.731. The lowest BCUT2D eigenvalue weighted by Gasteiger charge is -2.31. The van der Waals surface area contributed by atoms with Gasteiger partial charge in [-0.3, -0.25) is 19.4 Å². The zero-order valence-corrected chi connectivity index (χ0v) is 43.0. The van der Waals surface area contributed by atoms with E-state index in [1.54, 1.807) is 7.11 Å². The quantitative estimate of drug-likeness (QED) is 0.0119. The molecular formula is C52H93N4O8P. The first-order valence-electron chi connectivity index (χ1n) is 24.7. The van der Waals surface area contributed by atoms with E-state index in [0.717, 1.165) is 38.5 Å². The maximum atomic E-state index is 13.2. The lowest BCUT2D eigenvalue weighted by atomic mass is 9.90. The van der Waals surface area contributed by atoms with Crippen LogP contribution in [0.5, 0.6) is 0 Å². The fourth-order valence-corrected chi connectivity index (χ4v) is 7.57. The lowest BCUT2D eigenvalue weighted by molar-refractivity contribution is -0.137. The predicted molar refractivity (Wildman–Crippen MR) is 271 cm³/mol. The Bertz CT molecular complexity index is 1450. The molecule has 0 saturated carbocycles. The monoisotopic (exact) mass is 933 g/mol. The summed E-state index contributed by atoms with van der Waals surface area (Å²) in [7, 11) is 4.08. The molecule has 0 aromatic heterocycles. The molecule has 0 radical (unpaired) electrons. The topological polar surface area (TPSA) is 164 Å². The van der Waals surface area contributed by atoms with Gasteiger partial charge in [0.2, 0.25) is 18.1 Å². The van der Waals surface area contributed by atoms with Crippen molar-refractivity contribution < 1.29 is 39.5 Å². The van der Waals surface area contributed by atoms with Crippen LogP contribution in [0.15, 0.2) is 73.1 Å². The summed E-state index contributed by atoms with van der Waals surface area (Å²) in [4.78, 5) is 30.4. The number of amides is 2. The van der Waals surface area contributed by atoms with Gasteiger partial charge in [-0.25, -0.2) is 0 Å². The van der Waals surface area contributed by atoms with Gasteiger partial charge in [0.25, 0.3) is 0 Å². The Balaban J connectivity index is 2.72. The molecule has 0 spiro atoms. The first-order valence-corrected chi connectivity index (χ1v) is 25.3. The molecule has 6 N–H and O–H groups in total. The van der Waals surface area contributed by atoms with Gasteiger partial charge in [0.1, 0.15) is 12.1 Å². The van der Waals surface area contributed by atoms with E-state index in [-0.39, 0.29) is 41.7 Å². The van der Waals surface area contributed by atoms with Crippen LogP contribution in [0.25, 0.3) is 0 Å². The van der Waals surface area contributed by atoms with E-state index in [2.05, 4.69) is 102 Å². The van der Waals surface area contributed by atoms with Crippen molar-refractivity contribution in [2.75, 3.05) is 46.4 Å². The van der Waals surface area contributed by atoms with E-state index in [1.807, 2.05) is 50.0 Å². The molecule has 12 nitrogen and oxygen atoms in total. The van der Waals surface area contributed by atoms with Crippen LogP contribution >= 0.6 is 9.24 Å². The summed E-state index contributed by atoms with van der Waals surface area (Å²) < 4.78 is 10.9. The molecule has 0 aliphatic carbocycles. The third-order valence-corrected chi connectivity index (χ3v) is 12.6. The molecule has 1 aliphatic rings. The lowest BCUT2D eigenvalue weighted by Crippen LogP contribution is -2.61. The molecule has 0 aromatic carbocycles. The summed E-state index contributed by atoms with van der Waals surface area (Å²) in [5, 5.41) is 49.1. The maximum absolute atomic E-state index is 13.2. The molecular weight excluding hydrogens is 840 g/mol. The average molecular weight is 933 g/mol. The third kappa shape index (κ3) is 29.0. The van der Waals surface area contributed by atoms with Crippen molar-refractivity contribution in [3.05, 3.63) is 73.1 Å². The molecule has 11 unspecified atom stereocenters. The Morgan fingerprint density at radius 2 is 1.23 bits per heavy atom. The summed E-state index contributed by atoms with van der Waals surface area (Å²) in [5.41, 5.74) is 0.177. The van der Waals surface area contributed by atoms with Crippen LogP contribution in [0.4, 0.5) is 0 Å². The molecule has 2 amide bonds. The number of methoxy groups -OCH3 is 1. The highest BCUT2D eigenvalue weighted by molar-refractivity contribution is 7.17. The van der Waals surface area contributed by atoms with Crippen LogP contribution in [0.2, 0.25) is 0 Å².